The number of rotatable bonds is 7. The summed E-state index contributed by atoms with van der Waals surface area (Å²) in [6.07, 6.45) is 1.66. The number of sulfonamides is 1. The van der Waals surface area contributed by atoms with Gasteiger partial charge in [-0.2, -0.15) is 4.31 Å². The van der Waals surface area contributed by atoms with Crippen molar-refractivity contribution in [2.75, 3.05) is 36.8 Å². The van der Waals surface area contributed by atoms with Gasteiger partial charge in [-0.25, -0.2) is 8.42 Å². The van der Waals surface area contributed by atoms with Gasteiger partial charge >= 0.3 is 0 Å². The van der Waals surface area contributed by atoms with E-state index in [1.165, 1.54) is 16.8 Å². The summed E-state index contributed by atoms with van der Waals surface area (Å²) in [5.41, 5.74) is 4.07. The molecule has 1 aromatic rings. The highest BCUT2D eigenvalue weighted by Gasteiger charge is 2.28. The van der Waals surface area contributed by atoms with Crippen LogP contribution in [0.25, 0.3) is 0 Å². The molecule has 1 saturated heterocycles. The third-order valence-corrected chi connectivity index (χ3v) is 7.00. The van der Waals surface area contributed by atoms with Crippen LogP contribution in [0.2, 0.25) is 0 Å². The predicted molar refractivity (Wildman–Crippen MR) is 107 cm³/mol. The van der Waals surface area contributed by atoms with E-state index in [1.807, 2.05) is 6.92 Å². The molecule has 1 heterocycles. The lowest BCUT2D eigenvalue weighted by molar-refractivity contribution is 0.383. The zero-order valence-corrected chi connectivity index (χ0v) is 17.3. The summed E-state index contributed by atoms with van der Waals surface area (Å²) in [5.74, 6) is 1.20. The number of hydrogen-bond acceptors (Lipinski definition) is 3. The summed E-state index contributed by atoms with van der Waals surface area (Å²) in [6.45, 7) is 13.7. The maximum Gasteiger partial charge on any atom is 0.214 e. The molecule has 0 spiro atoms. The Kier molecular flexibility index (Phi) is 6.92. The quantitative estimate of drug-likeness (QED) is 0.727. The van der Waals surface area contributed by atoms with Crippen LogP contribution in [0.4, 0.5) is 5.69 Å². The Bertz CT molecular complexity index is 634. The molecular formula is C20H34N2O2S. The summed E-state index contributed by atoms with van der Waals surface area (Å²) in [4.78, 5) is 2.40. The van der Waals surface area contributed by atoms with Crippen LogP contribution in [-0.4, -0.2) is 44.7 Å². The van der Waals surface area contributed by atoms with Crippen LogP contribution in [-0.2, 0) is 10.0 Å². The van der Waals surface area contributed by atoms with E-state index in [4.69, 9.17) is 0 Å². The number of unbranched alkanes of at least 4 members (excludes halogenated alkanes) is 1. The largest absolute Gasteiger partial charge is 0.368 e. The van der Waals surface area contributed by atoms with Gasteiger partial charge in [0.15, 0.2) is 0 Å². The van der Waals surface area contributed by atoms with Gasteiger partial charge in [0.25, 0.3) is 0 Å². The Morgan fingerprint density at radius 2 is 1.48 bits per heavy atom. The van der Waals surface area contributed by atoms with Crippen molar-refractivity contribution >= 4 is 15.7 Å². The Morgan fingerprint density at radius 3 is 1.92 bits per heavy atom. The first-order valence-corrected chi connectivity index (χ1v) is 11.2. The molecular weight excluding hydrogens is 332 g/mol. The molecule has 142 valence electrons. The van der Waals surface area contributed by atoms with Gasteiger partial charge in [0.1, 0.15) is 0 Å². The second-order valence-electron chi connectivity index (χ2n) is 7.65. The van der Waals surface area contributed by atoms with Gasteiger partial charge in [0.2, 0.25) is 10.0 Å². The molecule has 5 heteroatoms. The SMILES string of the molecule is CCCCS(=O)(=O)N1CCN(c2c(C(C)C)cccc2C(C)C)CC1. The molecule has 1 aliphatic heterocycles. The van der Waals surface area contributed by atoms with Crippen LogP contribution in [0.15, 0.2) is 18.2 Å². The molecule has 1 fully saturated rings. The van der Waals surface area contributed by atoms with Crippen LogP contribution in [0.3, 0.4) is 0 Å². The minimum absolute atomic E-state index is 0.281. The van der Waals surface area contributed by atoms with Gasteiger partial charge in [0, 0.05) is 31.9 Å². The van der Waals surface area contributed by atoms with Crippen molar-refractivity contribution in [2.45, 2.75) is 59.3 Å². The predicted octanol–water partition coefficient (Wildman–Crippen LogP) is 4.19. The van der Waals surface area contributed by atoms with Gasteiger partial charge in [-0.05, 0) is 29.4 Å². The molecule has 1 aromatic carbocycles. The fourth-order valence-electron chi connectivity index (χ4n) is 3.52. The van der Waals surface area contributed by atoms with E-state index >= 15 is 0 Å². The zero-order valence-electron chi connectivity index (χ0n) is 16.5. The zero-order chi connectivity index (χ0) is 18.6. The van der Waals surface area contributed by atoms with Crippen LogP contribution in [0, 0.1) is 0 Å². The van der Waals surface area contributed by atoms with Gasteiger partial charge < -0.3 is 4.90 Å². The second kappa shape index (κ2) is 8.54. The van der Waals surface area contributed by atoms with Gasteiger partial charge in [0.05, 0.1) is 5.75 Å². The number of nitrogens with zero attached hydrogens (tertiary/aromatic N) is 2. The van der Waals surface area contributed by atoms with Crippen molar-refractivity contribution in [1.82, 2.24) is 4.31 Å². The maximum atomic E-state index is 12.4. The summed E-state index contributed by atoms with van der Waals surface area (Å²) in [5, 5.41) is 0. The second-order valence-corrected chi connectivity index (χ2v) is 9.74. The highest BCUT2D eigenvalue weighted by Crippen LogP contribution is 2.36. The van der Waals surface area contributed by atoms with Crippen LogP contribution in [0.5, 0.6) is 0 Å². The first-order valence-electron chi connectivity index (χ1n) is 9.63. The summed E-state index contributed by atoms with van der Waals surface area (Å²) < 4.78 is 26.6. The fraction of sp³-hybridized carbons (Fsp3) is 0.700. The lowest BCUT2D eigenvalue weighted by Gasteiger charge is -2.38. The highest BCUT2D eigenvalue weighted by atomic mass is 32.2. The van der Waals surface area contributed by atoms with Crippen LogP contribution >= 0.6 is 0 Å². The summed E-state index contributed by atoms with van der Waals surface area (Å²) in [6, 6.07) is 6.59. The van der Waals surface area contributed by atoms with Crippen molar-refractivity contribution in [1.29, 1.82) is 0 Å². The molecule has 0 bridgehead atoms. The molecule has 1 aliphatic rings. The van der Waals surface area contributed by atoms with E-state index < -0.39 is 10.0 Å². The Hall–Kier alpha value is -1.07. The lowest BCUT2D eigenvalue weighted by Crippen LogP contribution is -2.49. The summed E-state index contributed by atoms with van der Waals surface area (Å²) in [7, 11) is -3.10. The molecule has 0 aliphatic carbocycles. The minimum atomic E-state index is -3.10. The number of anilines is 1. The Morgan fingerprint density at radius 1 is 0.960 bits per heavy atom. The average Bonchev–Trinajstić information content (AvgIpc) is 2.59. The highest BCUT2D eigenvalue weighted by molar-refractivity contribution is 7.89. The monoisotopic (exact) mass is 366 g/mol. The minimum Gasteiger partial charge on any atom is -0.368 e. The van der Waals surface area contributed by atoms with Gasteiger partial charge in [-0.15, -0.1) is 0 Å². The number of piperazine rings is 1. The number of para-hydroxylation sites is 1. The molecule has 4 nitrogen and oxygen atoms in total. The summed E-state index contributed by atoms with van der Waals surface area (Å²) >= 11 is 0. The van der Waals surface area contributed by atoms with E-state index in [0.29, 0.717) is 24.9 Å². The fourth-order valence-corrected chi connectivity index (χ4v) is 5.15. The molecule has 0 amide bonds. The molecule has 2 rings (SSSR count). The molecule has 25 heavy (non-hydrogen) atoms. The average molecular weight is 367 g/mol. The van der Waals surface area contributed by atoms with E-state index in [1.54, 1.807) is 4.31 Å². The van der Waals surface area contributed by atoms with Crippen LogP contribution in [0.1, 0.15) is 70.4 Å². The first-order chi connectivity index (χ1) is 11.8. The molecule has 0 N–H and O–H groups in total. The maximum absolute atomic E-state index is 12.4. The molecule has 0 saturated carbocycles. The standard InChI is InChI=1S/C20H34N2O2S/c1-6-7-15-25(23,24)22-13-11-21(12-14-22)20-18(16(2)3)9-8-10-19(20)17(4)5/h8-10,16-17H,6-7,11-15H2,1-5H3. The molecule has 0 radical (unpaired) electrons. The third-order valence-electron chi connectivity index (χ3n) is 5.05. The van der Waals surface area contributed by atoms with E-state index in [2.05, 4.69) is 50.8 Å². The lowest BCUT2D eigenvalue weighted by atomic mass is 9.91. The molecule has 0 unspecified atom stereocenters. The van der Waals surface area contributed by atoms with E-state index in [-0.39, 0.29) is 5.75 Å². The van der Waals surface area contributed by atoms with Gasteiger partial charge in [-0.1, -0.05) is 59.2 Å². The molecule has 0 aromatic heterocycles. The number of benzene rings is 1. The number of hydrogen-bond donors (Lipinski definition) is 0. The van der Waals surface area contributed by atoms with Crippen molar-refractivity contribution in [2.24, 2.45) is 0 Å². The van der Waals surface area contributed by atoms with E-state index in [9.17, 15) is 8.42 Å². The van der Waals surface area contributed by atoms with Crippen molar-refractivity contribution in [3.05, 3.63) is 29.3 Å². The van der Waals surface area contributed by atoms with E-state index in [0.717, 1.165) is 25.9 Å². The van der Waals surface area contributed by atoms with Gasteiger partial charge in [-0.3, -0.25) is 0 Å². The molecule has 0 atom stereocenters. The smallest absolute Gasteiger partial charge is 0.214 e. The van der Waals surface area contributed by atoms with Crippen LogP contribution < -0.4 is 4.90 Å². The normalized spacial score (nSPS) is 16.8. The third kappa shape index (κ3) is 4.76. The van der Waals surface area contributed by atoms with Crippen molar-refractivity contribution < 1.29 is 8.42 Å². The van der Waals surface area contributed by atoms with Crippen molar-refractivity contribution in [3.8, 4) is 0 Å². The first kappa shape index (κ1) is 20.2. The Balaban J connectivity index is 2.21. The van der Waals surface area contributed by atoms with Crippen molar-refractivity contribution in [3.63, 3.8) is 0 Å². The Labute approximate surface area is 154 Å². The topological polar surface area (TPSA) is 40.6 Å².